The molecule has 1 aliphatic rings. The first-order valence-corrected chi connectivity index (χ1v) is 11.6. The van der Waals surface area contributed by atoms with Crippen molar-refractivity contribution < 1.29 is 4.79 Å². The lowest BCUT2D eigenvalue weighted by molar-refractivity contribution is -0.121. The molecule has 0 radical (unpaired) electrons. The Balaban J connectivity index is 1.26. The van der Waals surface area contributed by atoms with Gasteiger partial charge in [-0.05, 0) is 62.5 Å². The van der Waals surface area contributed by atoms with Gasteiger partial charge in [0.25, 0.3) is 0 Å². The highest BCUT2D eigenvalue weighted by Gasteiger charge is 2.25. The summed E-state index contributed by atoms with van der Waals surface area (Å²) >= 11 is 0. The molecule has 2 heterocycles. The molecule has 0 bridgehead atoms. The van der Waals surface area contributed by atoms with Gasteiger partial charge in [-0.2, -0.15) is 0 Å². The van der Waals surface area contributed by atoms with Gasteiger partial charge in [-0.3, -0.25) is 9.69 Å². The highest BCUT2D eigenvalue weighted by atomic mass is 16.1. The molecule has 1 amide bonds. The molecule has 166 valence electrons. The molecule has 32 heavy (non-hydrogen) atoms. The summed E-state index contributed by atoms with van der Waals surface area (Å²) in [6, 6.07) is 16.6. The molecule has 4 rings (SSSR count). The second-order valence-corrected chi connectivity index (χ2v) is 8.74. The van der Waals surface area contributed by atoms with Crippen molar-refractivity contribution in [1.29, 1.82) is 0 Å². The fourth-order valence-electron chi connectivity index (χ4n) is 4.24. The summed E-state index contributed by atoms with van der Waals surface area (Å²) in [4.78, 5) is 24.1. The van der Waals surface area contributed by atoms with E-state index >= 15 is 0 Å². The maximum absolute atomic E-state index is 12.8. The highest BCUT2D eigenvalue weighted by Crippen LogP contribution is 2.24. The Hall–Kier alpha value is -3.05. The van der Waals surface area contributed by atoms with E-state index in [1.807, 2.05) is 24.5 Å². The lowest BCUT2D eigenvalue weighted by Gasteiger charge is -2.31. The van der Waals surface area contributed by atoms with E-state index in [2.05, 4.69) is 70.4 Å². The van der Waals surface area contributed by atoms with Crippen LogP contribution in [0.5, 0.6) is 0 Å². The molecular formula is C27H32N4O. The van der Waals surface area contributed by atoms with Crippen LogP contribution in [-0.4, -0.2) is 33.9 Å². The zero-order chi connectivity index (χ0) is 22.3. The zero-order valence-electron chi connectivity index (χ0n) is 19.1. The van der Waals surface area contributed by atoms with Crippen molar-refractivity contribution in [2.75, 3.05) is 18.4 Å². The van der Waals surface area contributed by atoms with Gasteiger partial charge in [0.2, 0.25) is 5.91 Å². The van der Waals surface area contributed by atoms with E-state index < -0.39 is 0 Å². The second-order valence-electron chi connectivity index (χ2n) is 8.74. The van der Waals surface area contributed by atoms with Crippen LogP contribution in [0.25, 0.3) is 11.1 Å². The van der Waals surface area contributed by atoms with Gasteiger partial charge >= 0.3 is 0 Å². The minimum atomic E-state index is 0.0610. The molecule has 5 heteroatoms. The van der Waals surface area contributed by atoms with E-state index in [0.717, 1.165) is 68.0 Å². The minimum Gasteiger partial charge on any atom is -0.326 e. The summed E-state index contributed by atoms with van der Waals surface area (Å²) in [5.41, 5.74) is 5.60. The van der Waals surface area contributed by atoms with E-state index in [0.29, 0.717) is 0 Å². The number of nitrogens with zero attached hydrogens (tertiary/aromatic N) is 3. The number of aryl methyl sites for hydroxylation is 2. The van der Waals surface area contributed by atoms with Crippen LogP contribution >= 0.6 is 0 Å². The van der Waals surface area contributed by atoms with Crippen molar-refractivity contribution >= 4 is 11.6 Å². The van der Waals surface area contributed by atoms with Crippen LogP contribution in [0.2, 0.25) is 0 Å². The fourth-order valence-corrected chi connectivity index (χ4v) is 4.24. The molecule has 1 saturated heterocycles. The highest BCUT2D eigenvalue weighted by molar-refractivity contribution is 5.92. The smallest absolute Gasteiger partial charge is 0.227 e. The first-order valence-electron chi connectivity index (χ1n) is 11.6. The summed E-state index contributed by atoms with van der Waals surface area (Å²) in [5.74, 6) is 1.10. The quantitative estimate of drug-likeness (QED) is 0.558. The van der Waals surface area contributed by atoms with Crippen LogP contribution in [0, 0.1) is 12.8 Å². The number of benzene rings is 2. The Morgan fingerprint density at radius 1 is 1.03 bits per heavy atom. The molecule has 0 unspecified atom stereocenters. The molecule has 0 saturated carbocycles. The molecule has 1 fully saturated rings. The summed E-state index contributed by atoms with van der Waals surface area (Å²) < 4.78 is 0. The summed E-state index contributed by atoms with van der Waals surface area (Å²) in [5, 5.41) is 3.11. The normalized spacial score (nSPS) is 14.9. The number of amides is 1. The first-order chi connectivity index (χ1) is 15.6. The van der Waals surface area contributed by atoms with E-state index in [1.54, 1.807) is 0 Å². The Kier molecular flexibility index (Phi) is 7.28. The first kappa shape index (κ1) is 22.2. The van der Waals surface area contributed by atoms with E-state index in [1.165, 1.54) is 11.1 Å². The average molecular weight is 429 g/mol. The monoisotopic (exact) mass is 428 g/mol. The molecule has 5 nitrogen and oxygen atoms in total. The Bertz CT molecular complexity index is 1020. The molecule has 0 aliphatic carbocycles. The van der Waals surface area contributed by atoms with Gasteiger partial charge in [0.05, 0.1) is 0 Å². The number of piperidine rings is 1. The third-order valence-electron chi connectivity index (χ3n) is 6.10. The number of nitrogens with one attached hydrogen (secondary N) is 1. The molecule has 0 atom stereocenters. The number of carbonyl (C=O) groups is 1. The maximum Gasteiger partial charge on any atom is 0.227 e. The minimum absolute atomic E-state index is 0.0610. The van der Waals surface area contributed by atoms with Gasteiger partial charge in [-0.15, -0.1) is 0 Å². The Morgan fingerprint density at radius 3 is 2.41 bits per heavy atom. The lowest BCUT2D eigenvalue weighted by atomic mass is 9.95. The van der Waals surface area contributed by atoms with Crippen molar-refractivity contribution in [2.24, 2.45) is 5.92 Å². The number of anilines is 1. The molecule has 2 aromatic carbocycles. The third kappa shape index (κ3) is 5.80. The van der Waals surface area contributed by atoms with Crippen molar-refractivity contribution in [3.05, 3.63) is 77.9 Å². The van der Waals surface area contributed by atoms with Crippen LogP contribution in [0.4, 0.5) is 5.69 Å². The fraction of sp³-hybridized carbons (Fsp3) is 0.370. The molecule has 1 N–H and O–H groups in total. The van der Waals surface area contributed by atoms with Crippen LogP contribution < -0.4 is 5.32 Å². The van der Waals surface area contributed by atoms with Crippen LogP contribution in [0.1, 0.15) is 43.1 Å². The van der Waals surface area contributed by atoms with E-state index in [9.17, 15) is 4.79 Å². The molecular weight excluding hydrogens is 396 g/mol. The summed E-state index contributed by atoms with van der Waals surface area (Å²) in [6.45, 7) is 6.92. The molecule has 1 aliphatic heterocycles. The number of likely N-dealkylation sites (tertiary alicyclic amines) is 1. The zero-order valence-corrected chi connectivity index (χ0v) is 19.1. The maximum atomic E-state index is 12.8. The largest absolute Gasteiger partial charge is 0.326 e. The number of hydrogen-bond acceptors (Lipinski definition) is 4. The number of carbonyl (C=O) groups excluding carboxylic acids is 1. The number of aromatic nitrogens is 2. The van der Waals surface area contributed by atoms with Gasteiger partial charge in [0.15, 0.2) is 0 Å². The SMILES string of the molecule is CCCc1ncc(CN2CCC(C(=O)Nc3ccc(-c4cccc(C)c4)cc3)CC2)cn1. The summed E-state index contributed by atoms with van der Waals surface area (Å²) in [7, 11) is 0. The van der Waals surface area contributed by atoms with Gasteiger partial charge < -0.3 is 5.32 Å². The molecule has 3 aromatic rings. The van der Waals surface area contributed by atoms with Gasteiger partial charge in [-0.25, -0.2) is 9.97 Å². The lowest BCUT2D eigenvalue weighted by Crippen LogP contribution is -2.37. The van der Waals surface area contributed by atoms with Crippen molar-refractivity contribution in [3.63, 3.8) is 0 Å². The average Bonchev–Trinajstić information content (AvgIpc) is 2.81. The predicted octanol–water partition coefficient (Wildman–Crippen LogP) is 5.26. The van der Waals surface area contributed by atoms with Crippen molar-refractivity contribution in [3.8, 4) is 11.1 Å². The standard InChI is InChI=1S/C27H32N4O/c1-3-5-26-28-17-21(18-29-26)19-31-14-12-23(13-15-31)27(32)30-25-10-8-22(9-11-25)24-7-4-6-20(2)16-24/h4,6-11,16-18,23H,3,5,12-15,19H2,1-2H3,(H,30,32). The van der Waals surface area contributed by atoms with Gasteiger partial charge in [0.1, 0.15) is 5.82 Å². The van der Waals surface area contributed by atoms with Crippen molar-refractivity contribution in [2.45, 2.75) is 46.1 Å². The number of rotatable bonds is 7. The summed E-state index contributed by atoms with van der Waals surface area (Å²) in [6.07, 6.45) is 7.62. The topological polar surface area (TPSA) is 58.1 Å². The van der Waals surface area contributed by atoms with Gasteiger partial charge in [-0.1, -0.05) is 48.9 Å². The van der Waals surface area contributed by atoms with Crippen LogP contribution in [0.15, 0.2) is 60.9 Å². The van der Waals surface area contributed by atoms with Crippen molar-refractivity contribution in [1.82, 2.24) is 14.9 Å². The molecule has 0 spiro atoms. The Labute approximate surface area is 190 Å². The van der Waals surface area contributed by atoms with E-state index in [4.69, 9.17) is 0 Å². The third-order valence-corrected chi connectivity index (χ3v) is 6.10. The van der Waals surface area contributed by atoms with Crippen LogP contribution in [-0.2, 0) is 17.8 Å². The predicted molar refractivity (Wildman–Crippen MR) is 129 cm³/mol. The molecule has 1 aromatic heterocycles. The Morgan fingerprint density at radius 2 is 1.75 bits per heavy atom. The second kappa shape index (κ2) is 10.5. The van der Waals surface area contributed by atoms with Gasteiger partial charge in [0, 0.05) is 42.5 Å². The van der Waals surface area contributed by atoms with Crippen LogP contribution in [0.3, 0.4) is 0 Å². The number of hydrogen-bond donors (Lipinski definition) is 1. The van der Waals surface area contributed by atoms with E-state index in [-0.39, 0.29) is 11.8 Å².